The van der Waals surface area contributed by atoms with Crippen molar-refractivity contribution in [2.45, 2.75) is 32.4 Å². The zero-order valence-corrected chi connectivity index (χ0v) is 19.3. The number of anilines is 1. The van der Waals surface area contributed by atoms with Gasteiger partial charge in [-0.15, -0.1) is 0 Å². The smallest absolute Gasteiger partial charge is 0.416 e. The van der Waals surface area contributed by atoms with Gasteiger partial charge >= 0.3 is 12.1 Å². The highest BCUT2D eigenvalue weighted by atomic mass is 19.4. The van der Waals surface area contributed by atoms with Gasteiger partial charge in [-0.3, -0.25) is 36.0 Å². The third-order valence-corrected chi connectivity index (χ3v) is 5.68. The summed E-state index contributed by atoms with van der Waals surface area (Å²) in [5, 5.41) is 15.4. The Bertz CT molecular complexity index is 1410. The summed E-state index contributed by atoms with van der Waals surface area (Å²) in [6.07, 6.45) is -2.85. The second-order valence-electron chi connectivity index (χ2n) is 8.14. The number of nitro benzene ring substituents is 1. The van der Waals surface area contributed by atoms with Crippen LogP contribution in [0.3, 0.4) is 0 Å². The number of amides is 2. The van der Waals surface area contributed by atoms with Crippen LogP contribution in [0.25, 0.3) is 0 Å². The molecular formula is C24H20F3N5O5. The van der Waals surface area contributed by atoms with Crippen molar-refractivity contribution in [1.82, 2.24) is 10.9 Å². The Morgan fingerprint density at radius 3 is 2.51 bits per heavy atom. The molecule has 1 aromatic heterocycles. The molecule has 192 valence electrons. The Kier molecular flexibility index (Phi) is 6.96. The van der Waals surface area contributed by atoms with Crippen molar-refractivity contribution in [3.05, 3.63) is 92.4 Å². The molecule has 3 aromatic rings. The molecule has 0 saturated heterocycles. The fourth-order valence-electron chi connectivity index (χ4n) is 3.96. The van der Waals surface area contributed by atoms with E-state index in [1.54, 1.807) is 6.92 Å². The highest BCUT2D eigenvalue weighted by Crippen LogP contribution is 2.32. The summed E-state index contributed by atoms with van der Waals surface area (Å²) in [4.78, 5) is 35.5. The lowest BCUT2D eigenvalue weighted by Crippen LogP contribution is -2.41. The number of para-hydroxylation sites is 1. The molecule has 0 saturated carbocycles. The van der Waals surface area contributed by atoms with E-state index in [0.29, 0.717) is 41.9 Å². The Hall–Kier alpha value is -4.68. The number of hydrogen-bond acceptors (Lipinski definition) is 7. The lowest BCUT2D eigenvalue weighted by molar-refractivity contribution is -0.385. The number of hydrogen-bond donors (Lipinski definition) is 3. The standard InChI is InChI=1S/C24H20F3N5O5/c1-13-20-17(29-28-15-7-4-6-14(12-15)24(25,26)27)9-5-11-19(20)37-21(13)23(34)31-30-22(33)16-8-2-3-10-18(16)32(35)36/h2-4,6-8,10,12,28H,5,9,11H2,1H3,(H,30,33)(H,31,34)/b29-17+. The van der Waals surface area contributed by atoms with Crippen molar-refractivity contribution in [1.29, 1.82) is 0 Å². The van der Waals surface area contributed by atoms with Crippen molar-refractivity contribution in [3.63, 3.8) is 0 Å². The van der Waals surface area contributed by atoms with Crippen molar-refractivity contribution in [3.8, 4) is 0 Å². The predicted octanol–water partition coefficient (Wildman–Crippen LogP) is 4.74. The molecule has 0 unspecified atom stereocenters. The van der Waals surface area contributed by atoms with E-state index >= 15 is 0 Å². The van der Waals surface area contributed by atoms with E-state index in [2.05, 4.69) is 21.4 Å². The van der Waals surface area contributed by atoms with Crippen LogP contribution in [0.2, 0.25) is 0 Å². The number of hydrazine groups is 1. The van der Waals surface area contributed by atoms with Gasteiger partial charge in [-0.2, -0.15) is 18.3 Å². The monoisotopic (exact) mass is 515 g/mol. The lowest BCUT2D eigenvalue weighted by atomic mass is 9.93. The number of rotatable bonds is 5. The number of carbonyl (C=O) groups is 2. The van der Waals surface area contributed by atoms with Crippen LogP contribution in [0.1, 0.15) is 56.2 Å². The molecule has 0 radical (unpaired) electrons. The number of aryl methyl sites for hydroxylation is 1. The van der Waals surface area contributed by atoms with Crippen LogP contribution < -0.4 is 16.3 Å². The Balaban J connectivity index is 1.51. The van der Waals surface area contributed by atoms with Gasteiger partial charge in [-0.25, -0.2) is 0 Å². The maximum atomic E-state index is 13.0. The molecule has 0 atom stereocenters. The molecule has 3 N–H and O–H groups in total. The van der Waals surface area contributed by atoms with Gasteiger partial charge in [-0.05, 0) is 44.0 Å². The molecule has 0 fully saturated rings. The van der Waals surface area contributed by atoms with E-state index in [4.69, 9.17) is 4.42 Å². The van der Waals surface area contributed by atoms with Gasteiger partial charge in [0, 0.05) is 23.6 Å². The van der Waals surface area contributed by atoms with Gasteiger partial charge in [0.2, 0.25) is 0 Å². The van der Waals surface area contributed by atoms with Crippen molar-refractivity contribution >= 4 is 28.9 Å². The van der Waals surface area contributed by atoms with Crippen molar-refractivity contribution < 1.29 is 32.1 Å². The molecule has 10 nitrogen and oxygen atoms in total. The summed E-state index contributed by atoms with van der Waals surface area (Å²) in [6.45, 7) is 1.62. The third kappa shape index (κ3) is 5.44. The molecular weight excluding hydrogens is 495 g/mol. The predicted molar refractivity (Wildman–Crippen MR) is 126 cm³/mol. The number of furan rings is 1. The maximum absolute atomic E-state index is 13.0. The minimum Gasteiger partial charge on any atom is -0.455 e. The number of nitrogens with one attached hydrogen (secondary N) is 3. The van der Waals surface area contributed by atoms with Gasteiger partial charge in [0.05, 0.1) is 21.9 Å². The topological polar surface area (TPSA) is 139 Å². The normalized spacial score (nSPS) is 14.1. The first-order valence-electron chi connectivity index (χ1n) is 11.0. The van der Waals surface area contributed by atoms with Gasteiger partial charge in [0.1, 0.15) is 11.3 Å². The minimum absolute atomic E-state index is 0.0958. The summed E-state index contributed by atoms with van der Waals surface area (Å²) < 4.78 is 44.7. The zero-order valence-electron chi connectivity index (χ0n) is 19.3. The highest BCUT2D eigenvalue weighted by molar-refractivity contribution is 6.07. The first kappa shape index (κ1) is 25.4. The number of fused-ring (bicyclic) bond motifs is 1. The average molecular weight is 515 g/mol. The second-order valence-corrected chi connectivity index (χ2v) is 8.14. The minimum atomic E-state index is -4.49. The third-order valence-electron chi connectivity index (χ3n) is 5.68. The highest BCUT2D eigenvalue weighted by Gasteiger charge is 2.31. The summed E-state index contributed by atoms with van der Waals surface area (Å²) in [7, 11) is 0. The van der Waals surface area contributed by atoms with Gasteiger partial charge in [0.25, 0.3) is 11.6 Å². The molecule has 2 aromatic carbocycles. The molecule has 13 heteroatoms. The average Bonchev–Trinajstić information content (AvgIpc) is 3.22. The molecule has 37 heavy (non-hydrogen) atoms. The molecule has 4 rings (SSSR count). The van der Waals surface area contributed by atoms with Gasteiger partial charge in [-0.1, -0.05) is 18.2 Å². The van der Waals surface area contributed by atoms with Crippen molar-refractivity contribution in [2.24, 2.45) is 5.10 Å². The van der Waals surface area contributed by atoms with E-state index in [1.165, 1.54) is 30.3 Å². The fourth-order valence-corrected chi connectivity index (χ4v) is 3.96. The zero-order chi connectivity index (χ0) is 26.7. The molecule has 2 amide bonds. The fraction of sp³-hybridized carbons (Fsp3) is 0.208. The van der Waals surface area contributed by atoms with Crippen LogP contribution >= 0.6 is 0 Å². The van der Waals surface area contributed by atoms with E-state index < -0.39 is 34.2 Å². The van der Waals surface area contributed by atoms with Crippen LogP contribution in [0, 0.1) is 17.0 Å². The summed E-state index contributed by atoms with van der Waals surface area (Å²) >= 11 is 0. The Morgan fingerprint density at radius 2 is 1.78 bits per heavy atom. The molecule has 1 aliphatic rings. The first-order chi connectivity index (χ1) is 17.6. The van der Waals surface area contributed by atoms with E-state index in [-0.39, 0.29) is 17.0 Å². The molecule has 1 aliphatic carbocycles. The molecule has 0 bridgehead atoms. The van der Waals surface area contributed by atoms with Crippen LogP contribution in [-0.2, 0) is 12.6 Å². The van der Waals surface area contributed by atoms with Gasteiger partial charge < -0.3 is 4.42 Å². The van der Waals surface area contributed by atoms with Crippen molar-refractivity contribution in [2.75, 3.05) is 5.43 Å². The summed E-state index contributed by atoms with van der Waals surface area (Å²) in [6, 6.07) is 9.87. The number of carbonyl (C=O) groups excluding carboxylic acids is 2. The number of halogens is 3. The number of benzene rings is 2. The number of hydrazone groups is 1. The number of nitro groups is 1. The van der Waals surface area contributed by atoms with Crippen LogP contribution in [0.15, 0.2) is 58.0 Å². The van der Waals surface area contributed by atoms with E-state index in [0.717, 1.165) is 18.2 Å². The SMILES string of the molecule is Cc1c(C(=O)NNC(=O)c2ccccc2[N+](=O)[O-])oc2c1/C(=N/Nc1cccc(C(F)(F)F)c1)CCC2. The lowest BCUT2D eigenvalue weighted by Gasteiger charge is -2.14. The van der Waals surface area contributed by atoms with Crippen LogP contribution in [-0.4, -0.2) is 22.4 Å². The van der Waals surface area contributed by atoms with Crippen LogP contribution in [0.4, 0.5) is 24.5 Å². The molecule has 1 heterocycles. The Labute approximate surface area is 207 Å². The number of nitrogens with zero attached hydrogens (tertiary/aromatic N) is 2. The van der Waals surface area contributed by atoms with Gasteiger partial charge in [0.15, 0.2) is 5.76 Å². The quantitative estimate of drug-likeness (QED) is 0.331. The van der Waals surface area contributed by atoms with E-state index in [1.807, 2.05) is 0 Å². The number of alkyl halides is 3. The largest absolute Gasteiger partial charge is 0.455 e. The molecule has 0 aliphatic heterocycles. The molecule has 0 spiro atoms. The van der Waals surface area contributed by atoms with E-state index in [9.17, 15) is 32.9 Å². The van der Waals surface area contributed by atoms with Crippen LogP contribution in [0.5, 0.6) is 0 Å². The first-order valence-corrected chi connectivity index (χ1v) is 11.0. The summed E-state index contributed by atoms with van der Waals surface area (Å²) in [5.41, 5.74) is 7.12. The second kappa shape index (κ2) is 10.1. The maximum Gasteiger partial charge on any atom is 0.416 e. The Morgan fingerprint density at radius 1 is 1.05 bits per heavy atom. The summed E-state index contributed by atoms with van der Waals surface area (Å²) in [5.74, 6) is -1.30.